The van der Waals surface area contributed by atoms with Crippen LogP contribution in [0.3, 0.4) is 0 Å². The van der Waals surface area contributed by atoms with Crippen LogP contribution in [0.25, 0.3) is 0 Å². The molecule has 4 nitrogen and oxygen atoms in total. The SMILES string of the molecule is O=C(c1ccc(F)cc1I)N(CCO)CC1CCCN1. The van der Waals surface area contributed by atoms with E-state index in [1.54, 1.807) is 4.90 Å². The first-order valence-corrected chi connectivity index (χ1v) is 7.78. The van der Waals surface area contributed by atoms with Crippen LogP contribution >= 0.6 is 22.6 Å². The number of aliphatic hydroxyl groups is 1. The van der Waals surface area contributed by atoms with E-state index in [0.29, 0.717) is 22.2 Å². The third-order valence-corrected chi connectivity index (χ3v) is 4.31. The Hall–Kier alpha value is -0.730. The van der Waals surface area contributed by atoms with E-state index in [-0.39, 0.29) is 24.4 Å². The van der Waals surface area contributed by atoms with Crippen molar-refractivity contribution in [2.24, 2.45) is 0 Å². The van der Waals surface area contributed by atoms with Crippen LogP contribution in [-0.4, -0.2) is 48.2 Å². The molecular weight excluding hydrogens is 374 g/mol. The maximum atomic E-state index is 13.1. The second-order valence-electron chi connectivity index (χ2n) is 4.89. The van der Waals surface area contributed by atoms with Crippen molar-refractivity contribution in [2.75, 3.05) is 26.2 Å². The molecule has 1 fully saturated rings. The maximum absolute atomic E-state index is 13.1. The van der Waals surface area contributed by atoms with Gasteiger partial charge in [0.15, 0.2) is 0 Å². The van der Waals surface area contributed by atoms with Gasteiger partial charge in [-0.15, -0.1) is 0 Å². The Morgan fingerprint density at radius 2 is 2.35 bits per heavy atom. The molecule has 1 heterocycles. The minimum absolute atomic E-state index is 0.0732. The highest BCUT2D eigenvalue weighted by Gasteiger charge is 2.23. The Kier molecular flexibility index (Phi) is 5.74. The fourth-order valence-corrected chi connectivity index (χ4v) is 3.12. The van der Waals surface area contributed by atoms with Crippen molar-refractivity contribution in [1.82, 2.24) is 10.2 Å². The molecule has 0 bridgehead atoms. The van der Waals surface area contributed by atoms with E-state index < -0.39 is 0 Å². The number of nitrogens with zero attached hydrogens (tertiary/aromatic N) is 1. The molecule has 20 heavy (non-hydrogen) atoms. The highest BCUT2D eigenvalue weighted by molar-refractivity contribution is 14.1. The average Bonchev–Trinajstić information content (AvgIpc) is 2.90. The van der Waals surface area contributed by atoms with Crippen molar-refractivity contribution in [1.29, 1.82) is 0 Å². The molecule has 0 spiro atoms. The standard InChI is InChI=1S/C14H18FIN2O2/c15-10-3-4-12(13(16)8-10)14(20)18(6-7-19)9-11-2-1-5-17-11/h3-4,8,11,17,19H,1-2,5-7,9H2. The lowest BCUT2D eigenvalue weighted by molar-refractivity contribution is 0.0705. The summed E-state index contributed by atoms with van der Waals surface area (Å²) in [6.07, 6.45) is 2.15. The number of rotatable bonds is 5. The first kappa shape index (κ1) is 15.7. The minimum Gasteiger partial charge on any atom is -0.395 e. The van der Waals surface area contributed by atoms with Gasteiger partial charge in [0, 0.05) is 22.7 Å². The third-order valence-electron chi connectivity index (χ3n) is 3.42. The van der Waals surface area contributed by atoms with Crippen LogP contribution in [0.5, 0.6) is 0 Å². The molecule has 1 aliphatic rings. The fourth-order valence-electron chi connectivity index (χ4n) is 2.41. The number of benzene rings is 1. The van der Waals surface area contributed by atoms with Gasteiger partial charge >= 0.3 is 0 Å². The number of nitrogens with one attached hydrogen (secondary N) is 1. The van der Waals surface area contributed by atoms with Crippen molar-refractivity contribution in [3.63, 3.8) is 0 Å². The monoisotopic (exact) mass is 392 g/mol. The summed E-state index contributed by atoms with van der Waals surface area (Å²) in [6, 6.07) is 4.42. The Bertz CT molecular complexity index is 478. The van der Waals surface area contributed by atoms with Crippen LogP contribution in [0.15, 0.2) is 18.2 Å². The van der Waals surface area contributed by atoms with Gasteiger partial charge in [-0.05, 0) is 60.2 Å². The van der Waals surface area contributed by atoms with E-state index in [9.17, 15) is 9.18 Å². The second-order valence-corrected chi connectivity index (χ2v) is 6.05. The van der Waals surface area contributed by atoms with Crippen LogP contribution in [0.1, 0.15) is 23.2 Å². The van der Waals surface area contributed by atoms with Crippen LogP contribution in [0.4, 0.5) is 4.39 Å². The molecule has 6 heteroatoms. The number of halogens is 2. The highest BCUT2D eigenvalue weighted by atomic mass is 127. The summed E-state index contributed by atoms with van der Waals surface area (Å²) in [5.74, 6) is -0.505. The first-order chi connectivity index (χ1) is 9.61. The maximum Gasteiger partial charge on any atom is 0.255 e. The van der Waals surface area contributed by atoms with Crippen molar-refractivity contribution >= 4 is 28.5 Å². The molecule has 110 valence electrons. The van der Waals surface area contributed by atoms with Crippen LogP contribution in [0, 0.1) is 9.39 Å². The molecular formula is C14H18FIN2O2. The summed E-state index contributed by atoms with van der Waals surface area (Å²) in [5, 5.41) is 12.5. The molecule has 1 aliphatic heterocycles. The molecule has 1 aromatic carbocycles. The van der Waals surface area contributed by atoms with Crippen molar-refractivity contribution < 1.29 is 14.3 Å². The molecule has 1 atom stereocenters. The van der Waals surface area contributed by atoms with E-state index in [1.165, 1.54) is 18.2 Å². The van der Waals surface area contributed by atoms with E-state index in [4.69, 9.17) is 5.11 Å². The zero-order valence-electron chi connectivity index (χ0n) is 11.1. The topological polar surface area (TPSA) is 52.6 Å². The number of carbonyl (C=O) groups is 1. The summed E-state index contributed by atoms with van der Waals surface area (Å²) in [5.41, 5.74) is 0.485. The zero-order valence-corrected chi connectivity index (χ0v) is 13.3. The van der Waals surface area contributed by atoms with Crippen molar-refractivity contribution in [3.05, 3.63) is 33.1 Å². The lowest BCUT2D eigenvalue weighted by Crippen LogP contribution is -2.42. The molecule has 1 amide bonds. The van der Waals surface area contributed by atoms with Gasteiger partial charge in [-0.2, -0.15) is 0 Å². The molecule has 0 radical (unpaired) electrons. The van der Waals surface area contributed by atoms with Crippen LogP contribution in [-0.2, 0) is 0 Å². The van der Waals surface area contributed by atoms with Gasteiger partial charge < -0.3 is 15.3 Å². The lowest BCUT2D eigenvalue weighted by atomic mass is 10.1. The summed E-state index contributed by atoms with van der Waals surface area (Å²) < 4.78 is 13.7. The molecule has 0 aromatic heterocycles. The van der Waals surface area contributed by atoms with Gasteiger partial charge in [-0.1, -0.05) is 0 Å². The van der Waals surface area contributed by atoms with E-state index in [2.05, 4.69) is 5.32 Å². The molecule has 1 saturated heterocycles. The molecule has 0 aliphatic carbocycles. The summed E-state index contributed by atoms with van der Waals surface area (Å²) >= 11 is 1.96. The largest absolute Gasteiger partial charge is 0.395 e. The predicted octanol–water partition coefficient (Wildman–Crippen LogP) is 1.62. The second kappa shape index (κ2) is 7.33. The number of hydrogen-bond donors (Lipinski definition) is 2. The number of aliphatic hydroxyl groups excluding tert-OH is 1. The van der Waals surface area contributed by atoms with E-state index >= 15 is 0 Å². The zero-order chi connectivity index (χ0) is 14.5. The summed E-state index contributed by atoms with van der Waals surface area (Å²) in [4.78, 5) is 14.2. The molecule has 2 N–H and O–H groups in total. The van der Waals surface area contributed by atoms with Gasteiger partial charge in [0.1, 0.15) is 5.82 Å². The fraction of sp³-hybridized carbons (Fsp3) is 0.500. The number of carbonyl (C=O) groups excluding carboxylic acids is 1. The molecule has 0 saturated carbocycles. The predicted molar refractivity (Wildman–Crippen MR) is 83.1 cm³/mol. The smallest absolute Gasteiger partial charge is 0.255 e. The Labute approximate surface area is 131 Å². The normalized spacial score (nSPS) is 18.2. The van der Waals surface area contributed by atoms with Gasteiger partial charge in [-0.25, -0.2) is 4.39 Å². The average molecular weight is 392 g/mol. The van der Waals surface area contributed by atoms with Crippen molar-refractivity contribution in [2.45, 2.75) is 18.9 Å². The first-order valence-electron chi connectivity index (χ1n) is 6.70. The Balaban J connectivity index is 2.12. The molecule has 2 rings (SSSR count). The van der Waals surface area contributed by atoms with E-state index in [0.717, 1.165) is 19.4 Å². The quantitative estimate of drug-likeness (QED) is 0.749. The van der Waals surface area contributed by atoms with Gasteiger partial charge in [0.25, 0.3) is 5.91 Å². The van der Waals surface area contributed by atoms with Crippen LogP contribution < -0.4 is 5.32 Å². The van der Waals surface area contributed by atoms with Gasteiger partial charge in [-0.3, -0.25) is 4.79 Å². The Morgan fingerprint density at radius 1 is 1.55 bits per heavy atom. The summed E-state index contributed by atoms with van der Waals surface area (Å²) in [7, 11) is 0. The molecule has 1 unspecified atom stereocenters. The summed E-state index contributed by atoms with van der Waals surface area (Å²) in [6.45, 7) is 1.77. The van der Waals surface area contributed by atoms with Gasteiger partial charge in [0.2, 0.25) is 0 Å². The van der Waals surface area contributed by atoms with Crippen LogP contribution in [0.2, 0.25) is 0 Å². The third kappa shape index (κ3) is 3.89. The minimum atomic E-state index is -0.350. The van der Waals surface area contributed by atoms with E-state index in [1.807, 2.05) is 22.6 Å². The highest BCUT2D eigenvalue weighted by Crippen LogP contribution is 2.17. The lowest BCUT2D eigenvalue weighted by Gasteiger charge is -2.25. The van der Waals surface area contributed by atoms with Crippen molar-refractivity contribution in [3.8, 4) is 0 Å². The van der Waals surface area contributed by atoms with Gasteiger partial charge in [0.05, 0.1) is 12.2 Å². The number of amides is 1. The Morgan fingerprint density at radius 3 is 2.95 bits per heavy atom. The molecule has 1 aromatic rings. The number of hydrogen-bond acceptors (Lipinski definition) is 3.